The van der Waals surface area contributed by atoms with Gasteiger partial charge in [-0.3, -0.25) is 0 Å². The SMILES string of the molecule is CCC(NCc1cc(Cl)ccc1F)c1ccccc1OC. The van der Waals surface area contributed by atoms with E-state index in [-0.39, 0.29) is 11.9 Å². The van der Waals surface area contributed by atoms with Crippen LogP contribution in [0.2, 0.25) is 5.02 Å². The molecule has 0 spiro atoms. The largest absolute Gasteiger partial charge is 0.496 e. The van der Waals surface area contributed by atoms with E-state index in [0.717, 1.165) is 17.7 Å². The number of ether oxygens (including phenoxy) is 1. The van der Waals surface area contributed by atoms with Gasteiger partial charge in [0.15, 0.2) is 0 Å². The highest BCUT2D eigenvalue weighted by molar-refractivity contribution is 6.30. The lowest BCUT2D eigenvalue weighted by molar-refractivity contribution is 0.396. The second-order valence-electron chi connectivity index (χ2n) is 4.82. The topological polar surface area (TPSA) is 21.3 Å². The van der Waals surface area contributed by atoms with Crippen LogP contribution < -0.4 is 10.1 Å². The Morgan fingerprint density at radius 1 is 1.24 bits per heavy atom. The predicted octanol–water partition coefficient (Wildman–Crippen LogP) is 4.73. The first kappa shape index (κ1) is 15.8. The predicted molar refractivity (Wildman–Crippen MR) is 84.3 cm³/mol. The van der Waals surface area contributed by atoms with E-state index in [1.165, 1.54) is 6.07 Å². The van der Waals surface area contributed by atoms with Crippen LogP contribution in [-0.2, 0) is 6.54 Å². The fraction of sp³-hybridized carbons (Fsp3) is 0.294. The van der Waals surface area contributed by atoms with Crippen molar-refractivity contribution in [1.29, 1.82) is 0 Å². The van der Waals surface area contributed by atoms with E-state index in [1.54, 1.807) is 19.2 Å². The van der Waals surface area contributed by atoms with Gasteiger partial charge in [0.2, 0.25) is 0 Å². The van der Waals surface area contributed by atoms with E-state index in [2.05, 4.69) is 12.2 Å². The van der Waals surface area contributed by atoms with Crippen LogP contribution in [0.15, 0.2) is 42.5 Å². The molecule has 0 bridgehead atoms. The molecule has 0 aliphatic heterocycles. The van der Waals surface area contributed by atoms with Crippen molar-refractivity contribution in [2.75, 3.05) is 7.11 Å². The van der Waals surface area contributed by atoms with Gasteiger partial charge in [0.25, 0.3) is 0 Å². The molecular weight excluding hydrogens is 289 g/mol. The molecule has 0 aromatic heterocycles. The van der Waals surface area contributed by atoms with E-state index in [0.29, 0.717) is 17.1 Å². The van der Waals surface area contributed by atoms with Crippen molar-refractivity contribution in [2.24, 2.45) is 0 Å². The quantitative estimate of drug-likeness (QED) is 0.833. The summed E-state index contributed by atoms with van der Waals surface area (Å²) in [6, 6.07) is 12.6. The highest BCUT2D eigenvalue weighted by Gasteiger charge is 2.14. The van der Waals surface area contributed by atoms with E-state index in [1.807, 2.05) is 24.3 Å². The van der Waals surface area contributed by atoms with Gasteiger partial charge in [0, 0.05) is 28.7 Å². The number of hydrogen-bond donors (Lipinski definition) is 1. The van der Waals surface area contributed by atoms with Gasteiger partial charge in [-0.2, -0.15) is 0 Å². The van der Waals surface area contributed by atoms with Gasteiger partial charge in [0.05, 0.1) is 7.11 Å². The number of rotatable bonds is 6. The summed E-state index contributed by atoms with van der Waals surface area (Å²) < 4.78 is 19.1. The lowest BCUT2D eigenvalue weighted by Crippen LogP contribution is -2.21. The molecular formula is C17H19ClFNO. The zero-order valence-corrected chi connectivity index (χ0v) is 13.0. The summed E-state index contributed by atoms with van der Waals surface area (Å²) in [7, 11) is 1.65. The minimum absolute atomic E-state index is 0.0968. The second kappa shape index (κ2) is 7.43. The van der Waals surface area contributed by atoms with Gasteiger partial charge in [0.1, 0.15) is 11.6 Å². The van der Waals surface area contributed by atoms with Gasteiger partial charge < -0.3 is 10.1 Å². The Hall–Kier alpha value is -1.58. The minimum atomic E-state index is -0.248. The van der Waals surface area contributed by atoms with Crippen LogP contribution in [-0.4, -0.2) is 7.11 Å². The van der Waals surface area contributed by atoms with Crippen LogP contribution in [0.25, 0.3) is 0 Å². The summed E-state index contributed by atoms with van der Waals surface area (Å²) in [5.41, 5.74) is 1.64. The van der Waals surface area contributed by atoms with Gasteiger partial charge in [-0.1, -0.05) is 36.7 Å². The van der Waals surface area contributed by atoms with Crippen molar-refractivity contribution < 1.29 is 9.13 Å². The zero-order chi connectivity index (χ0) is 15.2. The molecule has 0 radical (unpaired) electrons. The van der Waals surface area contributed by atoms with E-state index >= 15 is 0 Å². The van der Waals surface area contributed by atoms with Crippen LogP contribution in [0.4, 0.5) is 4.39 Å². The van der Waals surface area contributed by atoms with Crippen molar-refractivity contribution >= 4 is 11.6 Å². The first-order chi connectivity index (χ1) is 10.2. The molecule has 2 rings (SSSR count). The number of benzene rings is 2. The molecule has 2 nitrogen and oxygen atoms in total. The minimum Gasteiger partial charge on any atom is -0.496 e. The molecule has 0 fully saturated rings. The van der Waals surface area contributed by atoms with Crippen molar-refractivity contribution in [2.45, 2.75) is 25.9 Å². The van der Waals surface area contributed by atoms with Crippen molar-refractivity contribution in [3.63, 3.8) is 0 Å². The number of halogens is 2. The molecule has 0 amide bonds. The van der Waals surface area contributed by atoms with E-state index < -0.39 is 0 Å². The van der Waals surface area contributed by atoms with Crippen molar-refractivity contribution in [3.8, 4) is 5.75 Å². The van der Waals surface area contributed by atoms with Gasteiger partial charge in [-0.25, -0.2) is 4.39 Å². The first-order valence-electron chi connectivity index (χ1n) is 6.96. The summed E-state index contributed by atoms with van der Waals surface area (Å²) in [4.78, 5) is 0. The van der Waals surface area contributed by atoms with Crippen LogP contribution in [0, 0.1) is 5.82 Å². The maximum absolute atomic E-state index is 13.7. The summed E-state index contributed by atoms with van der Waals surface area (Å²) in [5, 5.41) is 3.91. The molecule has 0 saturated carbocycles. The molecule has 0 aliphatic rings. The molecule has 2 aromatic carbocycles. The lowest BCUT2D eigenvalue weighted by Gasteiger charge is -2.20. The van der Waals surface area contributed by atoms with Crippen LogP contribution in [0.3, 0.4) is 0 Å². The Morgan fingerprint density at radius 3 is 2.71 bits per heavy atom. The van der Waals surface area contributed by atoms with Crippen LogP contribution in [0.5, 0.6) is 5.75 Å². The molecule has 112 valence electrons. The molecule has 4 heteroatoms. The first-order valence-corrected chi connectivity index (χ1v) is 7.33. The Bertz CT molecular complexity index is 603. The standard InChI is InChI=1S/C17H19ClFNO/c1-3-16(14-6-4-5-7-17(14)21-2)20-11-12-10-13(18)8-9-15(12)19/h4-10,16,20H,3,11H2,1-2H3. The fourth-order valence-electron chi connectivity index (χ4n) is 2.34. The number of nitrogens with one attached hydrogen (secondary N) is 1. The average Bonchev–Trinajstić information content (AvgIpc) is 2.51. The molecule has 0 saturated heterocycles. The Labute approximate surface area is 129 Å². The Kier molecular flexibility index (Phi) is 5.59. The zero-order valence-electron chi connectivity index (χ0n) is 12.2. The van der Waals surface area contributed by atoms with Gasteiger partial charge in [-0.15, -0.1) is 0 Å². The van der Waals surface area contributed by atoms with Gasteiger partial charge in [-0.05, 0) is 30.7 Å². The third-order valence-electron chi connectivity index (χ3n) is 3.47. The molecule has 2 aromatic rings. The summed E-state index contributed by atoms with van der Waals surface area (Å²) in [5.74, 6) is 0.588. The summed E-state index contributed by atoms with van der Waals surface area (Å²) in [6.07, 6.45) is 0.878. The molecule has 21 heavy (non-hydrogen) atoms. The molecule has 1 atom stereocenters. The maximum atomic E-state index is 13.7. The lowest BCUT2D eigenvalue weighted by atomic mass is 10.0. The van der Waals surface area contributed by atoms with Gasteiger partial charge >= 0.3 is 0 Å². The van der Waals surface area contributed by atoms with E-state index in [4.69, 9.17) is 16.3 Å². The highest BCUT2D eigenvalue weighted by atomic mass is 35.5. The Morgan fingerprint density at radius 2 is 2.00 bits per heavy atom. The third-order valence-corrected chi connectivity index (χ3v) is 3.70. The molecule has 1 unspecified atom stereocenters. The van der Waals surface area contributed by atoms with Crippen LogP contribution in [0.1, 0.15) is 30.5 Å². The number of methoxy groups -OCH3 is 1. The van der Waals surface area contributed by atoms with Crippen LogP contribution >= 0.6 is 11.6 Å². The van der Waals surface area contributed by atoms with E-state index in [9.17, 15) is 4.39 Å². The fourth-order valence-corrected chi connectivity index (χ4v) is 2.54. The smallest absolute Gasteiger partial charge is 0.127 e. The Balaban J connectivity index is 2.14. The van der Waals surface area contributed by atoms with Crippen molar-refractivity contribution in [3.05, 3.63) is 64.4 Å². The molecule has 0 heterocycles. The number of para-hydroxylation sites is 1. The van der Waals surface area contributed by atoms with Crippen molar-refractivity contribution in [1.82, 2.24) is 5.32 Å². The normalized spacial score (nSPS) is 12.2. The maximum Gasteiger partial charge on any atom is 0.127 e. The monoisotopic (exact) mass is 307 g/mol. The highest BCUT2D eigenvalue weighted by Crippen LogP contribution is 2.27. The second-order valence-corrected chi connectivity index (χ2v) is 5.26. The number of hydrogen-bond acceptors (Lipinski definition) is 2. The molecule has 0 aliphatic carbocycles. The molecule has 1 N–H and O–H groups in total. The average molecular weight is 308 g/mol. The third kappa shape index (κ3) is 3.96. The summed E-state index contributed by atoms with van der Waals surface area (Å²) >= 11 is 5.92. The summed E-state index contributed by atoms with van der Waals surface area (Å²) in [6.45, 7) is 2.50.